The summed E-state index contributed by atoms with van der Waals surface area (Å²) in [6.45, 7) is 1.32. The van der Waals surface area contributed by atoms with E-state index in [9.17, 15) is 13.2 Å². The number of hydrogen-bond donors (Lipinski definition) is 1. The third-order valence-electron chi connectivity index (χ3n) is 3.09. The van der Waals surface area contributed by atoms with Gasteiger partial charge in [0.05, 0.1) is 0 Å². The Morgan fingerprint density at radius 3 is 2.79 bits per heavy atom. The lowest BCUT2D eigenvalue weighted by molar-refractivity contribution is -0.0944. The third-order valence-corrected chi connectivity index (χ3v) is 3.09. The third kappa shape index (κ3) is 3.47. The summed E-state index contributed by atoms with van der Waals surface area (Å²) in [6, 6.07) is 3.80. The monoisotopic (exact) mass is 271 g/mol. The summed E-state index contributed by atoms with van der Waals surface area (Å²) < 4.78 is 37.6. The van der Waals surface area contributed by atoms with E-state index in [-0.39, 0.29) is 13.0 Å². The van der Waals surface area contributed by atoms with Crippen LogP contribution in [0.25, 0.3) is 0 Å². The maximum Gasteiger partial charge on any atom is 0.412 e. The first-order valence-electron chi connectivity index (χ1n) is 6.11. The zero-order valence-electron chi connectivity index (χ0n) is 10.7. The summed E-state index contributed by atoms with van der Waals surface area (Å²) >= 11 is 0. The van der Waals surface area contributed by atoms with Gasteiger partial charge >= 0.3 is 6.18 Å². The highest BCUT2D eigenvalue weighted by atomic mass is 19.4. The number of alkyl halides is 3. The van der Waals surface area contributed by atoms with Gasteiger partial charge in [-0.3, -0.25) is 0 Å². The predicted molar refractivity (Wildman–Crippen MR) is 68.0 cm³/mol. The van der Waals surface area contributed by atoms with Gasteiger partial charge < -0.3 is 10.2 Å². The highest BCUT2D eigenvalue weighted by Crippen LogP contribution is 2.31. The minimum Gasteiger partial charge on any atom is -0.353 e. The van der Waals surface area contributed by atoms with Gasteiger partial charge in [-0.05, 0) is 31.2 Å². The maximum atomic E-state index is 12.5. The zero-order valence-corrected chi connectivity index (χ0v) is 10.7. The Morgan fingerprint density at radius 1 is 1.42 bits per heavy atom. The van der Waals surface area contributed by atoms with Crippen LogP contribution in [0.2, 0.25) is 0 Å². The van der Waals surface area contributed by atoms with Crippen molar-refractivity contribution in [3.8, 4) is 0 Å². The summed E-state index contributed by atoms with van der Waals surface area (Å²) in [7, 11) is 1.85. The Hall–Kier alpha value is -1.56. The Balaban J connectivity index is 2.09. The molecule has 0 radical (unpaired) electrons. The molecule has 2 rings (SSSR count). The molecule has 0 bridgehead atoms. The molecule has 0 saturated carbocycles. The van der Waals surface area contributed by atoms with Gasteiger partial charge in [-0.1, -0.05) is 6.08 Å². The van der Waals surface area contributed by atoms with Gasteiger partial charge in [0, 0.05) is 31.4 Å². The molecule has 0 fully saturated rings. The minimum atomic E-state index is -4.20. The Labute approximate surface area is 110 Å². The van der Waals surface area contributed by atoms with E-state index in [0.29, 0.717) is 13.1 Å². The standard InChI is InChI=1S/C13H16F3N3/c1-17-9-10-2-5-18-12(8-10)19-6-3-11(4-7-19)13(14,15)16/h2-3,5,8,17H,4,6-7,9H2,1H3. The summed E-state index contributed by atoms with van der Waals surface area (Å²) in [5.74, 6) is 0.727. The molecule has 2 heterocycles. The second-order valence-corrected chi connectivity index (χ2v) is 4.48. The molecule has 3 nitrogen and oxygen atoms in total. The van der Waals surface area contributed by atoms with Crippen LogP contribution in [0, 0.1) is 0 Å². The van der Waals surface area contributed by atoms with Gasteiger partial charge in [-0.25, -0.2) is 4.98 Å². The number of halogens is 3. The van der Waals surface area contributed by atoms with Crippen molar-refractivity contribution < 1.29 is 13.2 Å². The molecule has 19 heavy (non-hydrogen) atoms. The van der Waals surface area contributed by atoms with Gasteiger partial charge in [-0.2, -0.15) is 13.2 Å². The van der Waals surface area contributed by atoms with Crippen molar-refractivity contribution in [2.45, 2.75) is 19.1 Å². The summed E-state index contributed by atoms with van der Waals surface area (Å²) in [4.78, 5) is 6.08. The molecule has 0 atom stereocenters. The average Bonchev–Trinajstić information content (AvgIpc) is 2.39. The van der Waals surface area contributed by atoms with E-state index in [2.05, 4.69) is 10.3 Å². The van der Waals surface area contributed by atoms with E-state index in [0.717, 1.165) is 11.4 Å². The molecule has 1 aromatic heterocycles. The minimum absolute atomic E-state index is 0.0153. The lowest BCUT2D eigenvalue weighted by Crippen LogP contribution is -2.32. The molecule has 0 unspecified atom stereocenters. The number of nitrogens with one attached hydrogen (secondary N) is 1. The molecule has 6 heteroatoms. The van der Waals surface area contributed by atoms with Gasteiger partial charge in [-0.15, -0.1) is 0 Å². The molecule has 0 spiro atoms. The SMILES string of the molecule is CNCc1ccnc(N2CC=C(C(F)(F)F)CC2)c1. The molecular weight excluding hydrogens is 255 g/mol. The van der Waals surface area contributed by atoms with Crippen molar-refractivity contribution in [2.24, 2.45) is 0 Å². The summed E-state index contributed by atoms with van der Waals surface area (Å²) in [5, 5.41) is 3.03. The van der Waals surface area contributed by atoms with Crippen LogP contribution in [0.4, 0.5) is 19.0 Å². The van der Waals surface area contributed by atoms with Crippen LogP contribution in [-0.4, -0.2) is 31.3 Å². The molecule has 1 N–H and O–H groups in total. The summed E-state index contributed by atoms with van der Waals surface area (Å²) in [5.41, 5.74) is 0.633. The van der Waals surface area contributed by atoms with Gasteiger partial charge in [0.1, 0.15) is 5.82 Å². The van der Waals surface area contributed by atoms with E-state index in [4.69, 9.17) is 0 Å². The molecule has 1 aliphatic rings. The van der Waals surface area contributed by atoms with E-state index in [1.54, 1.807) is 6.20 Å². The largest absolute Gasteiger partial charge is 0.412 e. The topological polar surface area (TPSA) is 28.2 Å². The van der Waals surface area contributed by atoms with Crippen LogP contribution < -0.4 is 10.2 Å². The fourth-order valence-corrected chi connectivity index (χ4v) is 2.08. The first-order valence-corrected chi connectivity index (χ1v) is 6.11. The number of hydrogen-bond acceptors (Lipinski definition) is 3. The smallest absolute Gasteiger partial charge is 0.353 e. The lowest BCUT2D eigenvalue weighted by atomic mass is 10.1. The molecular formula is C13H16F3N3. The van der Waals surface area contributed by atoms with Crippen LogP contribution in [0.5, 0.6) is 0 Å². The lowest BCUT2D eigenvalue weighted by Gasteiger charge is -2.28. The number of nitrogens with zero attached hydrogens (tertiary/aromatic N) is 2. The predicted octanol–water partition coefficient (Wildman–Crippen LogP) is 2.50. The highest BCUT2D eigenvalue weighted by molar-refractivity contribution is 5.43. The molecule has 0 aliphatic carbocycles. The van der Waals surface area contributed by atoms with Gasteiger partial charge in [0.25, 0.3) is 0 Å². The van der Waals surface area contributed by atoms with Crippen molar-refractivity contribution >= 4 is 5.82 Å². The van der Waals surface area contributed by atoms with Crippen LogP contribution in [0.15, 0.2) is 30.0 Å². The Morgan fingerprint density at radius 2 is 2.21 bits per heavy atom. The molecule has 104 valence electrons. The average molecular weight is 271 g/mol. The van der Waals surface area contributed by atoms with Gasteiger partial charge in [0.15, 0.2) is 0 Å². The second kappa shape index (κ2) is 5.61. The quantitative estimate of drug-likeness (QED) is 0.856. The maximum absolute atomic E-state index is 12.5. The molecule has 0 amide bonds. The van der Waals surface area contributed by atoms with Crippen molar-refractivity contribution in [3.05, 3.63) is 35.5 Å². The van der Waals surface area contributed by atoms with E-state index in [1.165, 1.54) is 6.08 Å². The zero-order chi connectivity index (χ0) is 13.9. The fourth-order valence-electron chi connectivity index (χ4n) is 2.08. The number of rotatable bonds is 3. The van der Waals surface area contributed by atoms with E-state index < -0.39 is 11.7 Å². The van der Waals surface area contributed by atoms with Crippen LogP contribution in [0.1, 0.15) is 12.0 Å². The highest BCUT2D eigenvalue weighted by Gasteiger charge is 2.34. The Bertz CT molecular complexity index is 468. The normalized spacial score (nSPS) is 16.4. The molecule has 1 aliphatic heterocycles. The van der Waals surface area contributed by atoms with Gasteiger partial charge in [0.2, 0.25) is 0 Å². The van der Waals surface area contributed by atoms with Crippen LogP contribution >= 0.6 is 0 Å². The number of anilines is 1. The fraction of sp³-hybridized carbons (Fsp3) is 0.462. The van der Waals surface area contributed by atoms with Crippen LogP contribution in [-0.2, 0) is 6.54 Å². The summed E-state index contributed by atoms with van der Waals surface area (Å²) in [6.07, 6.45) is -1.25. The Kier molecular flexibility index (Phi) is 4.09. The number of aromatic nitrogens is 1. The van der Waals surface area contributed by atoms with E-state index in [1.807, 2.05) is 24.1 Å². The van der Waals surface area contributed by atoms with Crippen molar-refractivity contribution in [3.63, 3.8) is 0 Å². The molecule has 0 aromatic carbocycles. The number of pyridine rings is 1. The van der Waals surface area contributed by atoms with E-state index >= 15 is 0 Å². The van der Waals surface area contributed by atoms with Crippen molar-refractivity contribution in [2.75, 3.05) is 25.0 Å². The molecule has 1 aromatic rings. The first kappa shape index (κ1) is 13.9. The van der Waals surface area contributed by atoms with Crippen molar-refractivity contribution in [1.29, 1.82) is 0 Å². The van der Waals surface area contributed by atoms with Crippen molar-refractivity contribution in [1.82, 2.24) is 10.3 Å². The van der Waals surface area contributed by atoms with Crippen LogP contribution in [0.3, 0.4) is 0 Å². The second-order valence-electron chi connectivity index (χ2n) is 4.48. The first-order chi connectivity index (χ1) is 9.00. The molecule has 0 saturated heterocycles.